The first-order valence-electron chi connectivity index (χ1n) is 6.77. The van der Waals surface area contributed by atoms with Crippen molar-refractivity contribution in [1.29, 1.82) is 0 Å². The molecular formula is C13H20N2O6. The van der Waals surface area contributed by atoms with Crippen molar-refractivity contribution >= 4 is 12.2 Å². The van der Waals surface area contributed by atoms with Crippen LogP contribution < -0.4 is 0 Å². The van der Waals surface area contributed by atoms with Crippen LogP contribution in [0.1, 0.15) is 13.8 Å². The van der Waals surface area contributed by atoms with E-state index in [9.17, 15) is 9.59 Å². The molecular weight excluding hydrogens is 280 g/mol. The Kier molecular flexibility index (Phi) is 4.38. The van der Waals surface area contributed by atoms with E-state index in [0.29, 0.717) is 13.2 Å². The molecule has 0 spiro atoms. The summed E-state index contributed by atoms with van der Waals surface area (Å²) >= 11 is 0. The molecule has 0 aromatic carbocycles. The summed E-state index contributed by atoms with van der Waals surface area (Å²) in [6, 6.07) is -1.18. The number of rotatable bonds is 4. The zero-order chi connectivity index (χ0) is 15.6. The highest BCUT2D eigenvalue weighted by atomic mass is 16.7. The van der Waals surface area contributed by atoms with Crippen LogP contribution in [-0.4, -0.2) is 67.5 Å². The second-order valence-electron chi connectivity index (χ2n) is 4.49. The van der Waals surface area contributed by atoms with Gasteiger partial charge in [0, 0.05) is 13.2 Å². The van der Waals surface area contributed by atoms with Crippen LogP contribution >= 0.6 is 0 Å². The summed E-state index contributed by atoms with van der Waals surface area (Å²) in [5.74, 6) is -1.13. The summed E-state index contributed by atoms with van der Waals surface area (Å²) in [6.45, 7) is 4.39. The van der Waals surface area contributed by atoms with Crippen molar-refractivity contribution in [2.45, 2.75) is 31.7 Å². The van der Waals surface area contributed by atoms with Crippen LogP contribution in [0, 0.1) is 0 Å². The van der Waals surface area contributed by atoms with Gasteiger partial charge in [0.25, 0.3) is 0 Å². The van der Waals surface area contributed by atoms with Crippen molar-refractivity contribution < 1.29 is 28.5 Å². The zero-order valence-electron chi connectivity index (χ0n) is 12.6. The Morgan fingerprint density at radius 2 is 1.33 bits per heavy atom. The second-order valence-corrected chi connectivity index (χ2v) is 4.49. The number of hydrazine groups is 1. The molecule has 0 aromatic heterocycles. The van der Waals surface area contributed by atoms with Gasteiger partial charge in [-0.3, -0.25) is 0 Å². The molecule has 2 atom stereocenters. The van der Waals surface area contributed by atoms with Crippen LogP contribution in [0.2, 0.25) is 0 Å². The van der Waals surface area contributed by atoms with Gasteiger partial charge in [-0.15, -0.1) is 0 Å². The molecule has 1 fully saturated rings. The van der Waals surface area contributed by atoms with Crippen molar-refractivity contribution in [2.75, 3.05) is 27.4 Å². The van der Waals surface area contributed by atoms with Crippen LogP contribution in [-0.2, 0) is 18.9 Å². The van der Waals surface area contributed by atoms with Gasteiger partial charge in [0.2, 0.25) is 5.79 Å². The lowest BCUT2D eigenvalue weighted by atomic mass is 10.1. The number of methoxy groups -OCH3 is 2. The van der Waals surface area contributed by atoms with Crippen molar-refractivity contribution in [1.82, 2.24) is 10.0 Å². The van der Waals surface area contributed by atoms with Gasteiger partial charge in [0.05, 0.1) is 14.2 Å². The molecule has 0 aromatic rings. The molecule has 0 N–H and O–H groups in total. The summed E-state index contributed by atoms with van der Waals surface area (Å²) in [5, 5.41) is 2.34. The predicted molar refractivity (Wildman–Crippen MR) is 71.2 cm³/mol. The lowest BCUT2D eigenvalue weighted by molar-refractivity contribution is -0.235. The fourth-order valence-corrected chi connectivity index (χ4v) is 2.85. The average molecular weight is 300 g/mol. The van der Waals surface area contributed by atoms with Gasteiger partial charge in [-0.05, 0) is 13.8 Å². The van der Waals surface area contributed by atoms with E-state index in [1.54, 1.807) is 12.2 Å². The van der Waals surface area contributed by atoms with E-state index in [2.05, 4.69) is 0 Å². The molecule has 2 amide bonds. The summed E-state index contributed by atoms with van der Waals surface area (Å²) in [4.78, 5) is 24.1. The average Bonchev–Trinajstić information content (AvgIpc) is 2.96. The van der Waals surface area contributed by atoms with E-state index in [-0.39, 0.29) is 0 Å². The highest BCUT2D eigenvalue weighted by Crippen LogP contribution is 2.44. The summed E-state index contributed by atoms with van der Waals surface area (Å²) in [7, 11) is 2.49. The Morgan fingerprint density at radius 3 is 1.62 bits per heavy atom. The largest absolute Gasteiger partial charge is 0.451 e. The maximum Gasteiger partial charge on any atom is 0.429 e. The molecule has 1 aliphatic heterocycles. The van der Waals surface area contributed by atoms with Gasteiger partial charge in [0.15, 0.2) is 0 Å². The van der Waals surface area contributed by atoms with Gasteiger partial charge in [0.1, 0.15) is 12.1 Å². The van der Waals surface area contributed by atoms with Crippen LogP contribution in [0.25, 0.3) is 0 Å². The predicted octanol–water partition coefficient (Wildman–Crippen LogP) is 1.13. The summed E-state index contributed by atoms with van der Waals surface area (Å²) in [6.07, 6.45) is 2.18. The number of amides is 2. The van der Waals surface area contributed by atoms with Crippen molar-refractivity contribution in [2.24, 2.45) is 0 Å². The third-order valence-electron chi connectivity index (χ3n) is 3.52. The van der Waals surface area contributed by atoms with E-state index in [0.717, 1.165) is 0 Å². The molecule has 8 nitrogen and oxygen atoms in total. The number of hydrogen-bond donors (Lipinski definition) is 0. The molecule has 118 valence electrons. The number of hydrogen-bond acceptors (Lipinski definition) is 6. The van der Waals surface area contributed by atoms with E-state index >= 15 is 0 Å². The third kappa shape index (κ3) is 2.14. The molecule has 2 aliphatic rings. The highest BCUT2D eigenvalue weighted by molar-refractivity contribution is 5.77. The molecule has 2 bridgehead atoms. The third-order valence-corrected chi connectivity index (χ3v) is 3.52. The Bertz CT molecular complexity index is 412. The highest BCUT2D eigenvalue weighted by Gasteiger charge is 2.66. The SMILES string of the molecule is CCOC1(OCC)[C@H]2C=C[C@H]1N(C(=O)OC)N2C(=O)OC. The van der Waals surface area contributed by atoms with Gasteiger partial charge in [-0.1, -0.05) is 12.2 Å². The van der Waals surface area contributed by atoms with E-state index in [1.165, 1.54) is 24.2 Å². The number of ether oxygens (including phenoxy) is 4. The van der Waals surface area contributed by atoms with E-state index in [1.807, 2.05) is 13.8 Å². The minimum Gasteiger partial charge on any atom is -0.451 e. The van der Waals surface area contributed by atoms with Crippen molar-refractivity contribution in [3.05, 3.63) is 12.2 Å². The van der Waals surface area contributed by atoms with Crippen molar-refractivity contribution in [3.63, 3.8) is 0 Å². The molecule has 2 rings (SSSR count). The number of carbonyl (C=O) groups is 2. The van der Waals surface area contributed by atoms with Crippen LogP contribution in [0.5, 0.6) is 0 Å². The Labute approximate surface area is 123 Å². The normalized spacial score (nSPS) is 25.3. The summed E-state index contributed by atoms with van der Waals surface area (Å²) in [5.41, 5.74) is 0. The minimum atomic E-state index is -1.13. The number of fused-ring (bicyclic) bond motifs is 2. The number of carbonyl (C=O) groups excluding carboxylic acids is 2. The first-order valence-corrected chi connectivity index (χ1v) is 6.77. The Balaban J connectivity index is 2.44. The molecule has 0 radical (unpaired) electrons. The van der Waals surface area contributed by atoms with Crippen LogP contribution in [0.15, 0.2) is 12.2 Å². The van der Waals surface area contributed by atoms with Gasteiger partial charge >= 0.3 is 12.2 Å². The second kappa shape index (κ2) is 5.90. The smallest absolute Gasteiger partial charge is 0.429 e. The molecule has 0 saturated carbocycles. The van der Waals surface area contributed by atoms with E-state index < -0.39 is 30.1 Å². The topological polar surface area (TPSA) is 77.5 Å². The van der Waals surface area contributed by atoms with Gasteiger partial charge in [-0.2, -0.15) is 0 Å². The lowest BCUT2D eigenvalue weighted by Crippen LogP contribution is -2.51. The first-order chi connectivity index (χ1) is 10.1. The molecule has 0 unspecified atom stereocenters. The van der Waals surface area contributed by atoms with E-state index in [4.69, 9.17) is 18.9 Å². The lowest BCUT2D eigenvalue weighted by Gasteiger charge is -2.32. The fourth-order valence-electron chi connectivity index (χ4n) is 2.85. The quantitative estimate of drug-likeness (QED) is 0.572. The Hall–Kier alpha value is -1.80. The monoisotopic (exact) mass is 300 g/mol. The van der Waals surface area contributed by atoms with Crippen LogP contribution in [0.4, 0.5) is 9.59 Å². The standard InChI is InChI=1S/C13H20N2O6/c1-5-20-13(21-6-2)9-7-8-10(13)15(12(17)19-4)14(9)11(16)18-3/h7-10H,5-6H2,1-4H3/t9-,10-/m1/s1. The van der Waals surface area contributed by atoms with Crippen molar-refractivity contribution in [3.8, 4) is 0 Å². The molecule has 1 saturated heterocycles. The van der Waals surface area contributed by atoms with Gasteiger partial charge in [-0.25, -0.2) is 19.6 Å². The summed E-state index contributed by atoms with van der Waals surface area (Å²) < 4.78 is 21.1. The number of nitrogens with zero attached hydrogens (tertiary/aromatic N) is 2. The molecule has 21 heavy (non-hydrogen) atoms. The van der Waals surface area contributed by atoms with Gasteiger partial charge < -0.3 is 18.9 Å². The minimum absolute atomic E-state index is 0.374. The Morgan fingerprint density at radius 1 is 0.952 bits per heavy atom. The zero-order valence-corrected chi connectivity index (χ0v) is 12.6. The fraction of sp³-hybridized carbons (Fsp3) is 0.692. The molecule has 1 heterocycles. The maximum absolute atomic E-state index is 12.0. The first kappa shape index (κ1) is 15.6. The molecule has 8 heteroatoms. The maximum atomic E-state index is 12.0. The van der Waals surface area contributed by atoms with Crippen LogP contribution in [0.3, 0.4) is 0 Å². The molecule has 1 aliphatic carbocycles.